The van der Waals surface area contributed by atoms with Crippen molar-refractivity contribution in [3.05, 3.63) is 42.0 Å². The topological polar surface area (TPSA) is 0 Å². The molecule has 0 heterocycles. The Labute approximate surface area is 91.4 Å². The lowest BCUT2D eigenvalue weighted by Gasteiger charge is -1.94. The van der Waals surface area contributed by atoms with Gasteiger partial charge in [0, 0.05) is 0 Å². The Bertz CT molecular complexity index is 251. The fourth-order valence-electron chi connectivity index (χ4n) is 1.23. The first-order valence-corrected chi connectivity index (χ1v) is 6.38. The van der Waals surface area contributed by atoms with Crippen LogP contribution in [0.25, 0.3) is 6.08 Å². The zero-order valence-corrected chi connectivity index (χ0v) is 9.59. The maximum Gasteiger partial charge on any atom is -0.00647 e. The van der Waals surface area contributed by atoms with Crippen molar-refractivity contribution in [2.75, 3.05) is 11.5 Å². The van der Waals surface area contributed by atoms with Crippen molar-refractivity contribution < 1.29 is 0 Å². The highest BCUT2D eigenvalue weighted by Crippen LogP contribution is 2.06. The lowest BCUT2D eigenvalue weighted by atomic mass is 10.2. The quantitative estimate of drug-likeness (QED) is 0.628. The summed E-state index contributed by atoms with van der Waals surface area (Å²) in [5.74, 6) is 2.53. The maximum atomic E-state index is 2.27. The summed E-state index contributed by atoms with van der Waals surface area (Å²) < 4.78 is 0. The molecule has 1 heteroatoms. The average Bonchev–Trinajstić information content (AvgIpc) is 2.25. The highest BCUT2D eigenvalue weighted by molar-refractivity contribution is 7.99. The largest absolute Gasteiger partial charge is 0.162 e. The first-order chi connectivity index (χ1) is 6.93. The predicted molar refractivity (Wildman–Crippen MR) is 67.7 cm³/mol. The van der Waals surface area contributed by atoms with Gasteiger partial charge in [-0.15, -0.1) is 0 Å². The lowest BCUT2D eigenvalue weighted by Crippen LogP contribution is -1.78. The molecule has 1 aromatic rings. The van der Waals surface area contributed by atoms with Crippen molar-refractivity contribution in [2.24, 2.45) is 0 Å². The van der Waals surface area contributed by atoms with Gasteiger partial charge >= 0.3 is 0 Å². The van der Waals surface area contributed by atoms with Crippen LogP contribution in [0.1, 0.15) is 25.3 Å². The van der Waals surface area contributed by atoms with Gasteiger partial charge in [0.15, 0.2) is 0 Å². The Balaban J connectivity index is 2.15. The SMILES string of the molecule is CCSCCC/C=C/c1ccccc1. The summed E-state index contributed by atoms with van der Waals surface area (Å²) in [5, 5.41) is 0. The van der Waals surface area contributed by atoms with E-state index in [4.69, 9.17) is 0 Å². The average molecular weight is 206 g/mol. The molecule has 0 aliphatic rings. The van der Waals surface area contributed by atoms with Gasteiger partial charge in [0.2, 0.25) is 0 Å². The molecule has 0 aliphatic carbocycles. The van der Waals surface area contributed by atoms with E-state index in [2.05, 4.69) is 49.4 Å². The van der Waals surface area contributed by atoms with E-state index >= 15 is 0 Å². The van der Waals surface area contributed by atoms with Gasteiger partial charge in [-0.25, -0.2) is 0 Å². The molecule has 0 nitrogen and oxygen atoms in total. The van der Waals surface area contributed by atoms with Crippen LogP contribution in [-0.2, 0) is 0 Å². The van der Waals surface area contributed by atoms with Crippen LogP contribution in [-0.4, -0.2) is 11.5 Å². The third-order valence-electron chi connectivity index (χ3n) is 1.97. The third-order valence-corrected chi connectivity index (χ3v) is 2.96. The summed E-state index contributed by atoms with van der Waals surface area (Å²) in [4.78, 5) is 0. The van der Waals surface area contributed by atoms with Crippen LogP contribution in [0, 0.1) is 0 Å². The molecule has 1 aromatic carbocycles. The molecule has 0 saturated heterocycles. The monoisotopic (exact) mass is 206 g/mol. The van der Waals surface area contributed by atoms with Gasteiger partial charge in [0.05, 0.1) is 0 Å². The standard InChI is InChI=1S/C13H18S/c1-2-14-12-8-4-7-11-13-9-5-3-6-10-13/h3,5-7,9-11H,2,4,8,12H2,1H3/b11-7+. The molecule has 0 bridgehead atoms. The van der Waals surface area contributed by atoms with E-state index in [-0.39, 0.29) is 0 Å². The Kier molecular flexibility index (Phi) is 6.25. The zero-order chi connectivity index (χ0) is 10.1. The Morgan fingerprint density at radius 1 is 1.21 bits per heavy atom. The van der Waals surface area contributed by atoms with E-state index in [0.717, 1.165) is 0 Å². The first-order valence-electron chi connectivity index (χ1n) is 5.23. The first kappa shape index (κ1) is 11.4. The van der Waals surface area contributed by atoms with Crippen LogP contribution < -0.4 is 0 Å². The molecule has 0 fully saturated rings. The number of thioether (sulfide) groups is 1. The highest BCUT2D eigenvalue weighted by Gasteiger charge is 1.85. The van der Waals surface area contributed by atoms with Gasteiger partial charge in [0.1, 0.15) is 0 Å². The van der Waals surface area contributed by atoms with Crippen LogP contribution in [0.5, 0.6) is 0 Å². The minimum absolute atomic E-state index is 1.20. The minimum atomic E-state index is 1.20. The van der Waals surface area contributed by atoms with Crippen LogP contribution in [0.2, 0.25) is 0 Å². The van der Waals surface area contributed by atoms with Crippen LogP contribution in [0.4, 0.5) is 0 Å². The molecule has 0 aromatic heterocycles. The number of hydrogen-bond donors (Lipinski definition) is 0. The van der Waals surface area contributed by atoms with Crippen LogP contribution >= 0.6 is 11.8 Å². The Morgan fingerprint density at radius 2 is 2.00 bits per heavy atom. The molecule has 0 N–H and O–H groups in total. The Morgan fingerprint density at radius 3 is 2.71 bits per heavy atom. The van der Waals surface area contributed by atoms with Crippen LogP contribution in [0.3, 0.4) is 0 Å². The minimum Gasteiger partial charge on any atom is -0.162 e. The summed E-state index contributed by atoms with van der Waals surface area (Å²) in [6.07, 6.45) is 6.96. The van der Waals surface area contributed by atoms with Gasteiger partial charge in [-0.2, -0.15) is 11.8 Å². The van der Waals surface area contributed by atoms with Crippen molar-refractivity contribution in [2.45, 2.75) is 19.8 Å². The molecular formula is C13H18S. The van der Waals surface area contributed by atoms with E-state index < -0.39 is 0 Å². The lowest BCUT2D eigenvalue weighted by molar-refractivity contribution is 0.975. The highest BCUT2D eigenvalue weighted by atomic mass is 32.2. The normalized spacial score (nSPS) is 10.9. The summed E-state index contributed by atoms with van der Waals surface area (Å²) >= 11 is 2.02. The number of unbranched alkanes of at least 4 members (excludes halogenated alkanes) is 1. The number of hydrogen-bond acceptors (Lipinski definition) is 1. The molecule has 0 saturated carbocycles. The molecular weight excluding hydrogens is 188 g/mol. The van der Waals surface area contributed by atoms with Gasteiger partial charge in [0.25, 0.3) is 0 Å². The molecule has 0 spiro atoms. The Hall–Kier alpha value is -0.690. The maximum absolute atomic E-state index is 2.27. The van der Waals surface area contributed by atoms with E-state index in [9.17, 15) is 0 Å². The second-order valence-corrected chi connectivity index (χ2v) is 4.55. The van der Waals surface area contributed by atoms with Crippen LogP contribution in [0.15, 0.2) is 36.4 Å². The fourth-order valence-corrected chi connectivity index (χ4v) is 1.89. The van der Waals surface area contributed by atoms with Gasteiger partial charge < -0.3 is 0 Å². The van der Waals surface area contributed by atoms with E-state index in [1.165, 1.54) is 29.9 Å². The van der Waals surface area contributed by atoms with E-state index in [1.807, 2.05) is 11.8 Å². The molecule has 0 amide bonds. The predicted octanol–water partition coefficient (Wildman–Crippen LogP) is 4.23. The second kappa shape index (κ2) is 7.69. The summed E-state index contributed by atoms with van der Waals surface area (Å²) in [7, 11) is 0. The van der Waals surface area contributed by atoms with Gasteiger partial charge in [-0.1, -0.05) is 49.4 Å². The molecule has 0 unspecified atom stereocenters. The summed E-state index contributed by atoms with van der Waals surface area (Å²) in [5.41, 5.74) is 1.30. The zero-order valence-electron chi connectivity index (χ0n) is 8.78. The van der Waals surface area contributed by atoms with Crippen molar-refractivity contribution >= 4 is 17.8 Å². The molecule has 0 radical (unpaired) electrons. The molecule has 1 rings (SSSR count). The fraction of sp³-hybridized carbons (Fsp3) is 0.385. The van der Waals surface area contributed by atoms with Crippen molar-refractivity contribution in [3.63, 3.8) is 0 Å². The smallest absolute Gasteiger partial charge is 0.00647 e. The number of benzene rings is 1. The molecule has 0 aliphatic heterocycles. The molecule has 76 valence electrons. The van der Waals surface area contributed by atoms with Crippen molar-refractivity contribution in [1.82, 2.24) is 0 Å². The summed E-state index contributed by atoms with van der Waals surface area (Å²) in [6, 6.07) is 10.5. The molecule has 0 atom stereocenters. The van der Waals surface area contributed by atoms with Crippen molar-refractivity contribution in [3.8, 4) is 0 Å². The summed E-state index contributed by atoms with van der Waals surface area (Å²) in [6.45, 7) is 2.21. The van der Waals surface area contributed by atoms with Gasteiger partial charge in [-0.05, 0) is 29.9 Å². The third kappa shape index (κ3) is 5.13. The van der Waals surface area contributed by atoms with Gasteiger partial charge in [-0.3, -0.25) is 0 Å². The van der Waals surface area contributed by atoms with E-state index in [1.54, 1.807) is 0 Å². The number of rotatable bonds is 6. The van der Waals surface area contributed by atoms with Crippen molar-refractivity contribution in [1.29, 1.82) is 0 Å². The van der Waals surface area contributed by atoms with E-state index in [0.29, 0.717) is 0 Å². The number of allylic oxidation sites excluding steroid dienone is 1. The second-order valence-electron chi connectivity index (χ2n) is 3.15. The molecule has 14 heavy (non-hydrogen) atoms.